The molecule has 0 aromatic heterocycles. The fraction of sp³-hybridized carbons (Fsp3) is 0.538. The van der Waals surface area contributed by atoms with Gasteiger partial charge in [-0.2, -0.15) is 0 Å². The van der Waals surface area contributed by atoms with Crippen LogP contribution in [0.15, 0.2) is 12.1 Å². The maximum atomic E-state index is 13.8. The van der Waals surface area contributed by atoms with Crippen molar-refractivity contribution in [2.24, 2.45) is 5.73 Å². The monoisotopic (exact) mass is 221 g/mol. The van der Waals surface area contributed by atoms with Gasteiger partial charge in [-0.05, 0) is 43.7 Å². The van der Waals surface area contributed by atoms with Crippen molar-refractivity contribution in [1.29, 1.82) is 0 Å². The van der Waals surface area contributed by atoms with Crippen molar-refractivity contribution < 1.29 is 9.13 Å². The molecule has 0 bridgehead atoms. The minimum Gasteiger partial charge on any atom is -0.493 e. The molecule has 1 aromatic rings. The topological polar surface area (TPSA) is 35.2 Å². The first-order valence-corrected chi connectivity index (χ1v) is 5.90. The molecule has 0 atom stereocenters. The first-order chi connectivity index (χ1) is 7.68. The second-order valence-electron chi connectivity index (χ2n) is 5.01. The molecular formula is C13H16FNO. The molecule has 16 heavy (non-hydrogen) atoms. The lowest BCUT2D eigenvalue weighted by atomic mass is 9.97. The Morgan fingerprint density at radius 1 is 1.38 bits per heavy atom. The number of ether oxygens (including phenoxy) is 1. The van der Waals surface area contributed by atoms with Gasteiger partial charge in [0.2, 0.25) is 0 Å². The minimum absolute atomic E-state index is 0.169. The van der Waals surface area contributed by atoms with E-state index in [0.717, 1.165) is 37.0 Å². The van der Waals surface area contributed by atoms with Crippen LogP contribution in [-0.2, 0) is 12.8 Å². The van der Waals surface area contributed by atoms with Crippen LogP contribution in [0.4, 0.5) is 4.39 Å². The Labute approximate surface area is 94.6 Å². The predicted octanol–water partition coefficient (Wildman–Crippen LogP) is 2.18. The molecule has 0 unspecified atom stereocenters. The number of rotatable bonds is 2. The van der Waals surface area contributed by atoms with E-state index in [2.05, 4.69) is 0 Å². The number of halogens is 1. The van der Waals surface area contributed by atoms with Gasteiger partial charge >= 0.3 is 0 Å². The molecule has 1 aliphatic carbocycles. The van der Waals surface area contributed by atoms with E-state index in [9.17, 15) is 4.39 Å². The molecule has 86 valence electrons. The third-order valence-electron chi connectivity index (χ3n) is 3.54. The summed E-state index contributed by atoms with van der Waals surface area (Å²) < 4.78 is 19.4. The summed E-state index contributed by atoms with van der Waals surface area (Å²) in [7, 11) is 0. The summed E-state index contributed by atoms with van der Waals surface area (Å²) in [5, 5.41) is 0. The highest BCUT2D eigenvalue weighted by molar-refractivity contribution is 5.45. The molecule has 2 N–H and O–H groups in total. The molecule has 2 aliphatic rings. The molecule has 1 aromatic carbocycles. The highest BCUT2D eigenvalue weighted by atomic mass is 19.1. The van der Waals surface area contributed by atoms with Crippen molar-refractivity contribution in [3.8, 4) is 5.75 Å². The van der Waals surface area contributed by atoms with E-state index in [0.29, 0.717) is 18.6 Å². The van der Waals surface area contributed by atoms with E-state index in [4.69, 9.17) is 10.5 Å². The SMILES string of the molecule is NC1(Cc2c(F)ccc3c2OCCC3)CC1. The minimum atomic E-state index is -0.170. The normalized spacial score (nSPS) is 21.1. The summed E-state index contributed by atoms with van der Waals surface area (Å²) in [6, 6.07) is 3.39. The van der Waals surface area contributed by atoms with E-state index in [1.54, 1.807) is 6.07 Å². The second kappa shape index (κ2) is 3.45. The first kappa shape index (κ1) is 10.1. The fourth-order valence-electron chi connectivity index (χ4n) is 2.32. The average molecular weight is 221 g/mol. The van der Waals surface area contributed by atoms with Crippen molar-refractivity contribution in [2.45, 2.75) is 37.6 Å². The summed E-state index contributed by atoms with van der Waals surface area (Å²) in [4.78, 5) is 0. The maximum Gasteiger partial charge on any atom is 0.130 e. The van der Waals surface area contributed by atoms with Crippen LogP contribution in [0.2, 0.25) is 0 Å². The van der Waals surface area contributed by atoms with Crippen molar-refractivity contribution in [2.75, 3.05) is 6.61 Å². The summed E-state index contributed by atoms with van der Waals surface area (Å²) in [6.07, 6.45) is 4.61. The molecule has 0 saturated heterocycles. The van der Waals surface area contributed by atoms with Crippen LogP contribution in [0.1, 0.15) is 30.4 Å². The number of hydrogen-bond donors (Lipinski definition) is 1. The van der Waals surface area contributed by atoms with E-state index in [-0.39, 0.29) is 11.4 Å². The Morgan fingerprint density at radius 3 is 2.94 bits per heavy atom. The van der Waals surface area contributed by atoms with Gasteiger partial charge in [0.1, 0.15) is 11.6 Å². The van der Waals surface area contributed by atoms with Gasteiger partial charge in [0, 0.05) is 11.1 Å². The second-order valence-corrected chi connectivity index (χ2v) is 5.01. The van der Waals surface area contributed by atoms with Gasteiger partial charge in [-0.25, -0.2) is 4.39 Å². The number of hydrogen-bond acceptors (Lipinski definition) is 2. The Bertz CT molecular complexity index is 426. The molecule has 3 heteroatoms. The summed E-state index contributed by atoms with van der Waals surface area (Å²) in [6.45, 7) is 0.695. The number of nitrogens with two attached hydrogens (primary N) is 1. The van der Waals surface area contributed by atoms with Crippen LogP contribution in [0, 0.1) is 5.82 Å². The van der Waals surface area contributed by atoms with Crippen molar-refractivity contribution in [3.63, 3.8) is 0 Å². The zero-order valence-electron chi connectivity index (χ0n) is 9.26. The first-order valence-electron chi connectivity index (χ1n) is 5.90. The number of aryl methyl sites for hydroxylation is 1. The van der Waals surface area contributed by atoms with Gasteiger partial charge in [0.15, 0.2) is 0 Å². The molecule has 3 rings (SSSR count). The summed E-state index contributed by atoms with van der Waals surface area (Å²) >= 11 is 0. The van der Waals surface area contributed by atoms with Crippen LogP contribution < -0.4 is 10.5 Å². The van der Waals surface area contributed by atoms with Crippen LogP contribution in [0.3, 0.4) is 0 Å². The van der Waals surface area contributed by atoms with Crippen LogP contribution >= 0.6 is 0 Å². The molecule has 0 radical (unpaired) electrons. The Morgan fingerprint density at radius 2 is 2.19 bits per heavy atom. The fourth-order valence-corrected chi connectivity index (χ4v) is 2.32. The Kier molecular flexibility index (Phi) is 2.18. The zero-order chi connectivity index (χ0) is 11.2. The van der Waals surface area contributed by atoms with Gasteiger partial charge in [-0.15, -0.1) is 0 Å². The molecule has 2 nitrogen and oxygen atoms in total. The lowest BCUT2D eigenvalue weighted by molar-refractivity contribution is 0.282. The van der Waals surface area contributed by atoms with E-state index < -0.39 is 0 Å². The third kappa shape index (κ3) is 1.69. The zero-order valence-corrected chi connectivity index (χ0v) is 9.26. The van der Waals surface area contributed by atoms with E-state index in [1.165, 1.54) is 0 Å². The number of fused-ring (bicyclic) bond motifs is 1. The van der Waals surface area contributed by atoms with Gasteiger partial charge < -0.3 is 10.5 Å². The molecular weight excluding hydrogens is 205 g/mol. The molecule has 1 heterocycles. The standard InChI is InChI=1S/C13H16FNO/c14-11-4-3-9-2-1-7-16-12(9)10(11)8-13(15)5-6-13/h3-4H,1-2,5-8,15H2. The van der Waals surface area contributed by atoms with Gasteiger partial charge in [-0.3, -0.25) is 0 Å². The van der Waals surface area contributed by atoms with Crippen LogP contribution in [-0.4, -0.2) is 12.1 Å². The van der Waals surface area contributed by atoms with Gasteiger partial charge in [0.25, 0.3) is 0 Å². The third-order valence-corrected chi connectivity index (χ3v) is 3.54. The highest BCUT2D eigenvalue weighted by Gasteiger charge is 2.40. The molecule has 1 saturated carbocycles. The van der Waals surface area contributed by atoms with Gasteiger partial charge in [0.05, 0.1) is 6.61 Å². The largest absolute Gasteiger partial charge is 0.493 e. The lowest BCUT2D eigenvalue weighted by Gasteiger charge is -2.22. The molecule has 0 amide bonds. The maximum absolute atomic E-state index is 13.8. The Balaban J connectivity index is 2.00. The molecule has 1 fully saturated rings. The Hall–Kier alpha value is -1.09. The molecule has 1 aliphatic heterocycles. The van der Waals surface area contributed by atoms with Crippen LogP contribution in [0.25, 0.3) is 0 Å². The lowest BCUT2D eigenvalue weighted by Crippen LogP contribution is -2.26. The van der Waals surface area contributed by atoms with Crippen molar-refractivity contribution in [1.82, 2.24) is 0 Å². The predicted molar refractivity (Wildman–Crippen MR) is 60.1 cm³/mol. The van der Waals surface area contributed by atoms with Crippen molar-refractivity contribution >= 4 is 0 Å². The van der Waals surface area contributed by atoms with Gasteiger partial charge in [-0.1, -0.05) is 6.07 Å². The van der Waals surface area contributed by atoms with E-state index in [1.807, 2.05) is 6.07 Å². The molecule has 0 spiro atoms. The quantitative estimate of drug-likeness (QED) is 0.830. The smallest absolute Gasteiger partial charge is 0.130 e. The average Bonchev–Trinajstić information content (AvgIpc) is 3.01. The number of benzene rings is 1. The van der Waals surface area contributed by atoms with E-state index >= 15 is 0 Å². The summed E-state index contributed by atoms with van der Waals surface area (Å²) in [5.41, 5.74) is 7.71. The van der Waals surface area contributed by atoms with Crippen LogP contribution in [0.5, 0.6) is 5.75 Å². The van der Waals surface area contributed by atoms with Crippen molar-refractivity contribution in [3.05, 3.63) is 29.1 Å². The summed E-state index contributed by atoms with van der Waals surface area (Å²) in [5.74, 6) is 0.598. The highest BCUT2D eigenvalue weighted by Crippen LogP contribution is 2.40.